The maximum Gasteiger partial charge on any atom is 0.248 e. The number of anilines is 1. The number of carbonyl (C=O) groups excluding carboxylic acids is 2. The normalized spacial score (nSPS) is 17.3. The summed E-state index contributed by atoms with van der Waals surface area (Å²) in [4.78, 5) is 31.7. The quantitative estimate of drug-likeness (QED) is 0.453. The zero-order chi connectivity index (χ0) is 26.4. The Morgan fingerprint density at radius 3 is 1.87 bits per heavy atom. The Kier molecular flexibility index (Phi) is 8.06. The molecule has 2 fully saturated rings. The summed E-state index contributed by atoms with van der Waals surface area (Å²) in [5, 5.41) is 3.26. The van der Waals surface area contributed by atoms with Crippen LogP contribution >= 0.6 is 0 Å². The number of nitrogens with one attached hydrogen (secondary N) is 1. The monoisotopic (exact) mass is 513 g/mol. The van der Waals surface area contributed by atoms with Gasteiger partial charge in [-0.1, -0.05) is 79.9 Å². The molecule has 3 aromatic carbocycles. The number of benzene rings is 3. The summed E-state index contributed by atoms with van der Waals surface area (Å²) >= 11 is 0. The maximum atomic E-state index is 14.0. The van der Waals surface area contributed by atoms with Gasteiger partial charge in [-0.15, -0.1) is 0 Å². The lowest BCUT2D eigenvalue weighted by atomic mass is 9.79. The number of halogens is 1. The molecule has 0 radical (unpaired) electrons. The van der Waals surface area contributed by atoms with Crippen LogP contribution in [0.1, 0.15) is 55.6 Å². The lowest BCUT2D eigenvalue weighted by molar-refractivity contribution is -0.143. The Morgan fingerprint density at radius 2 is 1.32 bits per heavy atom. The first kappa shape index (κ1) is 26.0. The fourth-order valence-electron chi connectivity index (χ4n) is 5.97. The van der Waals surface area contributed by atoms with E-state index < -0.39 is 5.54 Å². The molecule has 0 spiro atoms. The number of amides is 2. The van der Waals surface area contributed by atoms with Crippen molar-refractivity contribution in [3.8, 4) is 0 Å². The van der Waals surface area contributed by atoms with E-state index in [2.05, 4.69) is 34.5 Å². The van der Waals surface area contributed by atoms with Gasteiger partial charge in [-0.25, -0.2) is 4.39 Å². The van der Waals surface area contributed by atoms with Gasteiger partial charge in [0.05, 0.1) is 0 Å². The molecule has 0 aromatic heterocycles. The fourth-order valence-corrected chi connectivity index (χ4v) is 5.97. The lowest BCUT2D eigenvalue weighted by Crippen LogP contribution is -2.63. The topological polar surface area (TPSA) is 52.7 Å². The molecule has 6 heteroatoms. The molecular formula is C32H36FN3O2. The molecule has 1 saturated carbocycles. The Labute approximate surface area is 224 Å². The van der Waals surface area contributed by atoms with Gasteiger partial charge >= 0.3 is 0 Å². The van der Waals surface area contributed by atoms with Crippen LogP contribution in [0.25, 0.3) is 0 Å². The molecule has 198 valence electrons. The summed E-state index contributed by atoms with van der Waals surface area (Å²) in [5.41, 5.74) is 2.31. The highest BCUT2D eigenvalue weighted by Crippen LogP contribution is 2.33. The second kappa shape index (κ2) is 11.8. The third kappa shape index (κ3) is 5.90. The van der Waals surface area contributed by atoms with Crippen LogP contribution in [0.4, 0.5) is 10.1 Å². The predicted molar refractivity (Wildman–Crippen MR) is 148 cm³/mol. The average molecular weight is 514 g/mol. The zero-order valence-electron chi connectivity index (χ0n) is 21.8. The molecule has 5 rings (SSSR count). The van der Waals surface area contributed by atoms with E-state index in [1.807, 2.05) is 41.3 Å². The van der Waals surface area contributed by atoms with Crippen molar-refractivity contribution < 1.29 is 14.0 Å². The van der Waals surface area contributed by atoms with Gasteiger partial charge in [-0.05, 0) is 48.2 Å². The van der Waals surface area contributed by atoms with E-state index >= 15 is 0 Å². The molecule has 0 bridgehead atoms. The van der Waals surface area contributed by atoms with E-state index in [-0.39, 0.29) is 23.5 Å². The van der Waals surface area contributed by atoms with Crippen molar-refractivity contribution in [3.05, 3.63) is 102 Å². The lowest BCUT2D eigenvalue weighted by Gasteiger charge is -2.43. The molecule has 38 heavy (non-hydrogen) atoms. The molecule has 5 nitrogen and oxygen atoms in total. The smallest absolute Gasteiger partial charge is 0.248 e. The van der Waals surface area contributed by atoms with Crippen LogP contribution < -0.4 is 10.2 Å². The number of nitrogens with zero attached hydrogens (tertiary/aromatic N) is 2. The van der Waals surface area contributed by atoms with Crippen LogP contribution in [0.15, 0.2) is 84.9 Å². The molecule has 1 heterocycles. The van der Waals surface area contributed by atoms with Crippen molar-refractivity contribution in [1.29, 1.82) is 0 Å². The molecule has 1 aliphatic heterocycles. The standard InChI is InChI=1S/C32H36FN3O2/c33-27-14-16-28(17-15-27)35-20-22-36(23-21-35)31(38)32(18-8-3-9-19-32)34-30(37)24-29(25-10-4-1-5-11-25)26-12-6-2-7-13-26/h1-2,4-7,10-17,29H,3,8-9,18-24H2,(H,34,37). The van der Waals surface area contributed by atoms with Crippen LogP contribution in [0.3, 0.4) is 0 Å². The van der Waals surface area contributed by atoms with Gasteiger partial charge in [-0.3, -0.25) is 9.59 Å². The zero-order valence-corrected chi connectivity index (χ0v) is 21.8. The highest BCUT2D eigenvalue weighted by atomic mass is 19.1. The summed E-state index contributed by atoms with van der Waals surface area (Å²) in [6.45, 7) is 2.55. The number of carbonyl (C=O) groups is 2. The third-order valence-corrected chi connectivity index (χ3v) is 8.05. The first-order valence-electron chi connectivity index (χ1n) is 13.7. The van der Waals surface area contributed by atoms with Crippen molar-refractivity contribution in [2.75, 3.05) is 31.1 Å². The maximum absolute atomic E-state index is 14.0. The van der Waals surface area contributed by atoms with E-state index in [4.69, 9.17) is 0 Å². The predicted octanol–water partition coefficient (Wildman–Crippen LogP) is 5.52. The molecule has 0 unspecified atom stereocenters. The number of rotatable bonds is 7. The first-order valence-corrected chi connectivity index (χ1v) is 13.7. The van der Waals surface area contributed by atoms with Crippen LogP contribution in [-0.2, 0) is 9.59 Å². The van der Waals surface area contributed by atoms with Gasteiger partial charge < -0.3 is 15.1 Å². The van der Waals surface area contributed by atoms with Crippen LogP contribution in [-0.4, -0.2) is 48.4 Å². The minimum atomic E-state index is -0.842. The Balaban J connectivity index is 1.29. The van der Waals surface area contributed by atoms with Gasteiger partial charge in [0.15, 0.2) is 0 Å². The fraction of sp³-hybridized carbons (Fsp3) is 0.375. The largest absolute Gasteiger partial charge is 0.368 e. The SMILES string of the molecule is O=C(CC(c1ccccc1)c1ccccc1)NC1(C(=O)N2CCN(c3ccc(F)cc3)CC2)CCCCC1. The summed E-state index contributed by atoms with van der Waals surface area (Å²) in [6, 6.07) is 26.7. The van der Waals surface area contributed by atoms with Crippen LogP contribution in [0, 0.1) is 5.82 Å². The molecule has 2 aliphatic rings. The minimum Gasteiger partial charge on any atom is -0.368 e. The van der Waals surface area contributed by atoms with Crippen molar-refractivity contribution in [2.24, 2.45) is 0 Å². The highest BCUT2D eigenvalue weighted by molar-refractivity contribution is 5.92. The first-order chi connectivity index (χ1) is 18.5. The third-order valence-electron chi connectivity index (χ3n) is 8.05. The molecule has 1 saturated heterocycles. The van der Waals surface area contributed by atoms with Crippen LogP contribution in [0.5, 0.6) is 0 Å². The van der Waals surface area contributed by atoms with Gasteiger partial charge in [0.2, 0.25) is 11.8 Å². The second-order valence-corrected chi connectivity index (χ2v) is 10.5. The molecule has 0 atom stereocenters. The molecule has 3 aromatic rings. The Morgan fingerprint density at radius 1 is 0.763 bits per heavy atom. The van der Waals surface area contributed by atoms with Gasteiger partial charge in [-0.2, -0.15) is 0 Å². The molecular weight excluding hydrogens is 477 g/mol. The molecule has 2 amide bonds. The van der Waals surface area contributed by atoms with E-state index in [0.717, 1.165) is 36.1 Å². The number of piperazine rings is 1. The number of hydrogen-bond donors (Lipinski definition) is 1. The summed E-state index contributed by atoms with van der Waals surface area (Å²) in [6.07, 6.45) is 4.60. The van der Waals surface area contributed by atoms with Crippen molar-refractivity contribution in [1.82, 2.24) is 10.2 Å². The van der Waals surface area contributed by atoms with Gasteiger partial charge in [0.1, 0.15) is 11.4 Å². The van der Waals surface area contributed by atoms with Crippen molar-refractivity contribution in [3.63, 3.8) is 0 Å². The highest BCUT2D eigenvalue weighted by Gasteiger charge is 2.44. The van der Waals surface area contributed by atoms with Gasteiger partial charge in [0, 0.05) is 44.2 Å². The van der Waals surface area contributed by atoms with E-state index in [1.54, 1.807) is 12.1 Å². The molecule has 1 aliphatic carbocycles. The van der Waals surface area contributed by atoms with E-state index in [0.29, 0.717) is 45.4 Å². The number of hydrogen-bond acceptors (Lipinski definition) is 3. The van der Waals surface area contributed by atoms with Crippen molar-refractivity contribution >= 4 is 17.5 Å². The summed E-state index contributed by atoms with van der Waals surface area (Å²) in [7, 11) is 0. The Hall–Kier alpha value is -3.67. The summed E-state index contributed by atoms with van der Waals surface area (Å²) < 4.78 is 13.3. The molecule has 1 N–H and O–H groups in total. The van der Waals surface area contributed by atoms with E-state index in [9.17, 15) is 14.0 Å². The summed E-state index contributed by atoms with van der Waals surface area (Å²) in [5.74, 6) is -0.366. The average Bonchev–Trinajstić information content (AvgIpc) is 2.97. The minimum absolute atomic E-state index is 0.0419. The van der Waals surface area contributed by atoms with Crippen LogP contribution in [0.2, 0.25) is 0 Å². The Bertz CT molecular complexity index is 1160. The second-order valence-electron chi connectivity index (χ2n) is 10.5. The van der Waals surface area contributed by atoms with Gasteiger partial charge in [0.25, 0.3) is 0 Å². The van der Waals surface area contributed by atoms with Crippen molar-refractivity contribution in [2.45, 2.75) is 50.0 Å². The van der Waals surface area contributed by atoms with E-state index in [1.165, 1.54) is 12.1 Å².